The van der Waals surface area contributed by atoms with Crippen LogP contribution in [0, 0.1) is 22.7 Å². The summed E-state index contributed by atoms with van der Waals surface area (Å²) in [5.74, 6) is -3.43. The molecule has 2 fully saturated rings. The van der Waals surface area contributed by atoms with Gasteiger partial charge in [0.25, 0.3) is 5.91 Å². The van der Waals surface area contributed by atoms with Crippen LogP contribution in [0.4, 0.5) is 4.79 Å². The minimum absolute atomic E-state index is 0.0566. The molecule has 0 spiro atoms. The summed E-state index contributed by atoms with van der Waals surface area (Å²) in [7, 11) is 0. The van der Waals surface area contributed by atoms with Crippen molar-refractivity contribution in [1.82, 2.24) is 20.9 Å². The van der Waals surface area contributed by atoms with E-state index in [-0.39, 0.29) is 36.8 Å². The van der Waals surface area contributed by atoms with Gasteiger partial charge in [-0.3, -0.25) is 19.2 Å². The zero-order valence-corrected chi connectivity index (χ0v) is 27.6. The second-order valence-corrected chi connectivity index (χ2v) is 14.0. The van der Waals surface area contributed by atoms with Gasteiger partial charge in [0.1, 0.15) is 17.7 Å². The molecule has 1 saturated carbocycles. The maximum atomic E-state index is 14.0. The Morgan fingerprint density at radius 2 is 1.68 bits per heavy atom. The number of hydrogen-bond acceptors (Lipinski definition) is 8. The van der Waals surface area contributed by atoms with Gasteiger partial charge in [0.2, 0.25) is 17.6 Å². The molecule has 0 aromatic carbocycles. The van der Waals surface area contributed by atoms with Gasteiger partial charge in [-0.1, -0.05) is 46.8 Å². The average Bonchev–Trinajstić information content (AvgIpc) is 3.21. The summed E-state index contributed by atoms with van der Waals surface area (Å²) in [6.45, 7) is 20.4. The first-order chi connectivity index (χ1) is 20.3. The number of carbonyl (C=O) groups excluding carboxylic acids is 6. The molecule has 246 valence electrons. The molecule has 0 radical (unpaired) electrons. The van der Waals surface area contributed by atoms with Crippen molar-refractivity contribution in [2.45, 2.75) is 98.9 Å². The lowest BCUT2D eigenvalue weighted by atomic mass is 9.85. The molecule has 1 aliphatic carbocycles. The van der Waals surface area contributed by atoms with Crippen LogP contribution in [0.25, 0.3) is 0 Å². The Kier molecular flexibility index (Phi) is 11.9. The third-order valence-corrected chi connectivity index (χ3v) is 7.97. The van der Waals surface area contributed by atoms with Crippen LogP contribution in [0.1, 0.15) is 75.2 Å². The highest BCUT2D eigenvalue weighted by Gasteiger charge is 2.70. The third kappa shape index (κ3) is 9.40. The van der Waals surface area contributed by atoms with E-state index in [1.54, 1.807) is 33.8 Å². The lowest BCUT2D eigenvalue weighted by Gasteiger charge is -2.38. The SMILES string of the molecule is C=CCCC(NC(=O)C1C2C(CN1C(=O)C(NC(=O)OC(C)(C)C)C(C)(C)C)C2(C)C)C(=O)C(=O)NC/C=C/C(=O)OCC. The van der Waals surface area contributed by atoms with Crippen molar-refractivity contribution in [2.24, 2.45) is 22.7 Å². The molecular formula is C32H50N4O8. The summed E-state index contributed by atoms with van der Waals surface area (Å²) in [4.78, 5) is 79.3. The van der Waals surface area contributed by atoms with Crippen LogP contribution >= 0.6 is 0 Å². The molecule has 5 atom stereocenters. The highest BCUT2D eigenvalue weighted by molar-refractivity contribution is 6.38. The summed E-state index contributed by atoms with van der Waals surface area (Å²) in [6, 6.07) is -3.05. The molecule has 12 heteroatoms. The summed E-state index contributed by atoms with van der Waals surface area (Å²) in [6.07, 6.45) is 3.82. The summed E-state index contributed by atoms with van der Waals surface area (Å²) in [5.41, 5.74) is -1.69. The van der Waals surface area contributed by atoms with Gasteiger partial charge >= 0.3 is 12.1 Å². The number of nitrogens with zero attached hydrogens (tertiary/aromatic N) is 1. The van der Waals surface area contributed by atoms with E-state index in [0.717, 1.165) is 6.08 Å². The molecule has 0 bridgehead atoms. The number of esters is 1. The van der Waals surface area contributed by atoms with Crippen molar-refractivity contribution >= 4 is 35.6 Å². The van der Waals surface area contributed by atoms with Crippen LogP contribution in [0.5, 0.6) is 0 Å². The number of ether oxygens (including phenoxy) is 2. The topological polar surface area (TPSA) is 160 Å². The van der Waals surface area contributed by atoms with Gasteiger partial charge < -0.3 is 30.3 Å². The Morgan fingerprint density at radius 3 is 2.23 bits per heavy atom. The standard InChI is InChI=1S/C32H50N4O8/c1-11-13-15-20(24(38)27(40)33-17-14-16-21(37)43-12-2)34-26(39)23-22-19(32(22,9)10)18-36(23)28(41)25(30(3,4)5)35-29(42)44-31(6,7)8/h11,14,16,19-20,22-23,25H,1,12-13,15,17-18H2,2-10H3,(H,33,40)(H,34,39)(H,35,42)/b16-14+. The minimum Gasteiger partial charge on any atom is -0.463 e. The van der Waals surface area contributed by atoms with Crippen molar-refractivity contribution in [3.8, 4) is 0 Å². The number of alkyl carbamates (subject to hydrolysis) is 1. The highest BCUT2D eigenvalue weighted by atomic mass is 16.6. The Labute approximate surface area is 260 Å². The van der Waals surface area contributed by atoms with Gasteiger partial charge in [-0.2, -0.15) is 0 Å². The molecule has 2 rings (SSSR count). The normalized spacial score (nSPS) is 21.8. The van der Waals surface area contributed by atoms with Gasteiger partial charge in [-0.25, -0.2) is 9.59 Å². The molecule has 1 aliphatic heterocycles. The molecule has 3 N–H and O–H groups in total. The van der Waals surface area contributed by atoms with Crippen LogP contribution in [0.3, 0.4) is 0 Å². The zero-order valence-electron chi connectivity index (χ0n) is 27.6. The predicted molar refractivity (Wildman–Crippen MR) is 164 cm³/mol. The van der Waals surface area contributed by atoms with E-state index in [0.29, 0.717) is 13.0 Å². The van der Waals surface area contributed by atoms with Gasteiger partial charge in [-0.15, -0.1) is 6.58 Å². The second-order valence-electron chi connectivity index (χ2n) is 14.0. The smallest absolute Gasteiger partial charge is 0.408 e. The van der Waals surface area contributed by atoms with Crippen molar-refractivity contribution in [3.05, 3.63) is 24.8 Å². The quantitative estimate of drug-likeness (QED) is 0.123. The van der Waals surface area contributed by atoms with Crippen molar-refractivity contribution in [1.29, 1.82) is 0 Å². The molecule has 1 heterocycles. The fourth-order valence-corrected chi connectivity index (χ4v) is 5.61. The highest BCUT2D eigenvalue weighted by Crippen LogP contribution is 2.65. The molecular weight excluding hydrogens is 568 g/mol. The largest absolute Gasteiger partial charge is 0.463 e. The summed E-state index contributed by atoms with van der Waals surface area (Å²) < 4.78 is 10.2. The van der Waals surface area contributed by atoms with Crippen molar-refractivity contribution in [2.75, 3.05) is 19.7 Å². The first kappa shape index (κ1) is 36.5. The maximum absolute atomic E-state index is 14.0. The molecule has 2 aliphatic rings. The number of rotatable bonds is 13. The molecule has 0 aromatic heterocycles. The number of Topliss-reactive ketones (excluding diaryl/α,β-unsaturated/α-hetero) is 1. The van der Waals surface area contributed by atoms with Crippen LogP contribution in [-0.4, -0.2) is 83.9 Å². The van der Waals surface area contributed by atoms with Gasteiger partial charge in [0.15, 0.2) is 0 Å². The zero-order chi connectivity index (χ0) is 33.6. The van der Waals surface area contributed by atoms with Gasteiger partial charge in [0.05, 0.1) is 12.6 Å². The number of nitrogens with one attached hydrogen (secondary N) is 3. The second kappa shape index (κ2) is 14.4. The van der Waals surface area contributed by atoms with E-state index in [1.807, 2.05) is 34.6 Å². The average molecular weight is 619 g/mol. The van der Waals surface area contributed by atoms with Crippen molar-refractivity contribution < 1.29 is 38.2 Å². The molecule has 1 saturated heterocycles. The number of fused-ring (bicyclic) bond motifs is 1. The predicted octanol–water partition coefficient (Wildman–Crippen LogP) is 2.66. The van der Waals surface area contributed by atoms with Crippen LogP contribution in [0.15, 0.2) is 24.8 Å². The lowest BCUT2D eigenvalue weighted by molar-refractivity contribution is -0.145. The van der Waals surface area contributed by atoms with Gasteiger partial charge in [0, 0.05) is 19.2 Å². The Bertz CT molecular complexity index is 1160. The number of likely N-dealkylation sites (tertiary alicyclic amines) is 1. The summed E-state index contributed by atoms with van der Waals surface area (Å²) in [5, 5.41) is 7.86. The molecule has 4 amide bonds. The monoisotopic (exact) mass is 618 g/mol. The number of amides is 4. The van der Waals surface area contributed by atoms with Crippen LogP contribution < -0.4 is 16.0 Å². The minimum atomic E-state index is -1.16. The number of allylic oxidation sites excluding steroid dienone is 1. The van der Waals surface area contributed by atoms with Crippen LogP contribution in [0.2, 0.25) is 0 Å². The van der Waals surface area contributed by atoms with E-state index in [4.69, 9.17) is 9.47 Å². The Hall–Kier alpha value is -3.70. The van der Waals surface area contributed by atoms with E-state index in [2.05, 4.69) is 22.5 Å². The summed E-state index contributed by atoms with van der Waals surface area (Å²) >= 11 is 0. The van der Waals surface area contributed by atoms with Gasteiger partial charge in [-0.05, 0) is 63.2 Å². The van der Waals surface area contributed by atoms with E-state index in [1.165, 1.54) is 11.0 Å². The fraction of sp³-hybridized carbons (Fsp3) is 0.688. The van der Waals surface area contributed by atoms with E-state index in [9.17, 15) is 28.8 Å². The molecule has 44 heavy (non-hydrogen) atoms. The molecule has 12 nitrogen and oxygen atoms in total. The number of carbonyl (C=O) groups is 6. The maximum Gasteiger partial charge on any atom is 0.408 e. The molecule has 0 aromatic rings. The number of ketones is 1. The third-order valence-electron chi connectivity index (χ3n) is 7.97. The Morgan fingerprint density at radius 1 is 1.05 bits per heavy atom. The number of piperidine rings is 1. The Balaban J connectivity index is 2.25. The van der Waals surface area contributed by atoms with Crippen molar-refractivity contribution in [3.63, 3.8) is 0 Å². The first-order valence-corrected chi connectivity index (χ1v) is 15.1. The fourth-order valence-electron chi connectivity index (χ4n) is 5.61. The lowest BCUT2D eigenvalue weighted by Crippen LogP contribution is -2.60. The molecule has 5 unspecified atom stereocenters. The van der Waals surface area contributed by atoms with E-state index >= 15 is 0 Å². The van der Waals surface area contributed by atoms with E-state index < -0.39 is 64.7 Å². The first-order valence-electron chi connectivity index (χ1n) is 15.1. The number of hydrogen-bond donors (Lipinski definition) is 3. The van der Waals surface area contributed by atoms with Crippen LogP contribution in [-0.2, 0) is 33.4 Å².